The minimum atomic E-state index is -0.644. The maximum atomic E-state index is 11.2. The number of hydrogen-bond acceptors (Lipinski definition) is 2. The smallest absolute Gasteiger partial charge is 0.324 e. The Morgan fingerprint density at radius 2 is 1.92 bits per heavy atom. The molecule has 3 nitrogen and oxygen atoms in total. The van der Waals surface area contributed by atoms with Crippen LogP contribution in [0.4, 0.5) is 0 Å². The van der Waals surface area contributed by atoms with Crippen LogP contribution in [0.15, 0.2) is 0 Å². The van der Waals surface area contributed by atoms with Crippen LogP contribution < -0.4 is 0 Å². The third-order valence-electron chi connectivity index (χ3n) is 3.14. The zero-order valence-electron chi connectivity index (χ0n) is 8.71. The zero-order chi connectivity index (χ0) is 10.1. The van der Waals surface area contributed by atoms with Crippen LogP contribution in [0.1, 0.15) is 33.6 Å². The second-order valence-electron chi connectivity index (χ2n) is 4.02. The van der Waals surface area contributed by atoms with Crippen molar-refractivity contribution in [3.05, 3.63) is 0 Å². The highest BCUT2D eigenvalue weighted by atomic mass is 16.4. The van der Waals surface area contributed by atoms with Gasteiger partial charge in [-0.25, -0.2) is 0 Å². The molecule has 1 aliphatic rings. The summed E-state index contributed by atoms with van der Waals surface area (Å²) < 4.78 is 0. The van der Waals surface area contributed by atoms with Crippen LogP contribution in [-0.2, 0) is 4.79 Å². The summed E-state index contributed by atoms with van der Waals surface area (Å²) in [5, 5.41) is 9.19. The number of carboxylic acids is 1. The first-order valence-corrected chi connectivity index (χ1v) is 5.05. The molecule has 0 aromatic heterocycles. The van der Waals surface area contributed by atoms with E-state index < -0.39 is 11.5 Å². The van der Waals surface area contributed by atoms with E-state index in [-0.39, 0.29) is 0 Å². The van der Waals surface area contributed by atoms with Crippen molar-refractivity contribution in [2.45, 2.75) is 39.2 Å². The molecule has 0 aliphatic heterocycles. The number of rotatable bonds is 4. The normalized spacial score (nSPS) is 33.1. The summed E-state index contributed by atoms with van der Waals surface area (Å²) in [6, 6.07) is 0. The van der Waals surface area contributed by atoms with E-state index in [2.05, 4.69) is 11.8 Å². The lowest BCUT2D eigenvalue weighted by Crippen LogP contribution is -2.61. The SMILES string of the molecule is CCN(CC)C1(C(=O)O)CC(C)C1. The first kappa shape index (κ1) is 10.5. The summed E-state index contributed by atoms with van der Waals surface area (Å²) in [4.78, 5) is 13.2. The molecule has 1 fully saturated rings. The second kappa shape index (κ2) is 3.66. The third-order valence-corrected chi connectivity index (χ3v) is 3.14. The van der Waals surface area contributed by atoms with Crippen molar-refractivity contribution in [1.29, 1.82) is 0 Å². The molecule has 0 amide bonds. The molecule has 1 saturated carbocycles. The molecule has 0 aromatic rings. The van der Waals surface area contributed by atoms with Crippen LogP contribution in [0.5, 0.6) is 0 Å². The minimum absolute atomic E-state index is 0.539. The summed E-state index contributed by atoms with van der Waals surface area (Å²) in [6.07, 6.45) is 1.62. The fraction of sp³-hybridized carbons (Fsp3) is 0.900. The van der Waals surface area contributed by atoms with Gasteiger partial charge in [-0.2, -0.15) is 0 Å². The highest BCUT2D eigenvalue weighted by molar-refractivity contribution is 5.80. The minimum Gasteiger partial charge on any atom is -0.480 e. The molecule has 0 saturated heterocycles. The van der Waals surface area contributed by atoms with E-state index in [1.807, 2.05) is 13.8 Å². The lowest BCUT2D eigenvalue weighted by Gasteiger charge is -2.49. The molecule has 0 unspecified atom stereocenters. The van der Waals surface area contributed by atoms with Gasteiger partial charge in [0.15, 0.2) is 0 Å². The van der Waals surface area contributed by atoms with E-state index in [0.29, 0.717) is 5.92 Å². The first-order chi connectivity index (χ1) is 6.06. The molecule has 0 radical (unpaired) electrons. The number of carboxylic acid groups (broad SMARTS) is 1. The molecule has 1 rings (SSSR count). The van der Waals surface area contributed by atoms with Crippen LogP contribution in [0.3, 0.4) is 0 Å². The first-order valence-electron chi connectivity index (χ1n) is 5.05. The molecule has 0 spiro atoms. The largest absolute Gasteiger partial charge is 0.480 e. The summed E-state index contributed by atoms with van der Waals surface area (Å²) in [7, 11) is 0. The van der Waals surface area contributed by atoms with E-state index in [9.17, 15) is 9.90 Å². The van der Waals surface area contributed by atoms with E-state index >= 15 is 0 Å². The van der Waals surface area contributed by atoms with Gasteiger partial charge in [0.2, 0.25) is 0 Å². The molecule has 13 heavy (non-hydrogen) atoms. The van der Waals surface area contributed by atoms with Gasteiger partial charge >= 0.3 is 5.97 Å². The Morgan fingerprint density at radius 3 is 2.15 bits per heavy atom. The van der Waals surface area contributed by atoms with Gasteiger partial charge in [0.1, 0.15) is 5.54 Å². The van der Waals surface area contributed by atoms with Gasteiger partial charge in [-0.15, -0.1) is 0 Å². The predicted molar refractivity (Wildman–Crippen MR) is 51.7 cm³/mol. The topological polar surface area (TPSA) is 40.5 Å². The number of nitrogens with zero attached hydrogens (tertiary/aromatic N) is 1. The van der Waals surface area contributed by atoms with Gasteiger partial charge in [-0.05, 0) is 31.8 Å². The van der Waals surface area contributed by atoms with Gasteiger partial charge in [0.25, 0.3) is 0 Å². The third kappa shape index (κ3) is 1.57. The molecule has 0 heterocycles. The molecular formula is C10H19NO2. The highest BCUT2D eigenvalue weighted by Gasteiger charge is 2.51. The molecule has 1 aliphatic carbocycles. The summed E-state index contributed by atoms with van der Waals surface area (Å²) in [5.41, 5.74) is -0.539. The standard InChI is InChI=1S/C10H19NO2/c1-4-11(5-2)10(9(12)13)6-8(3)7-10/h8H,4-7H2,1-3H3,(H,12,13). The fourth-order valence-corrected chi connectivity index (χ4v) is 2.49. The van der Waals surface area contributed by atoms with Crippen molar-refractivity contribution in [2.75, 3.05) is 13.1 Å². The quantitative estimate of drug-likeness (QED) is 0.723. The molecule has 0 aromatic carbocycles. The van der Waals surface area contributed by atoms with Crippen LogP contribution in [0.2, 0.25) is 0 Å². The van der Waals surface area contributed by atoms with E-state index in [4.69, 9.17) is 0 Å². The van der Waals surface area contributed by atoms with Crippen molar-refractivity contribution < 1.29 is 9.90 Å². The Bertz CT molecular complexity index is 193. The molecular weight excluding hydrogens is 166 g/mol. The Balaban J connectivity index is 2.74. The summed E-state index contributed by atoms with van der Waals surface area (Å²) in [5.74, 6) is -0.0778. The predicted octanol–water partition coefficient (Wildman–Crippen LogP) is 1.58. The van der Waals surface area contributed by atoms with Crippen LogP contribution in [0.25, 0.3) is 0 Å². The lowest BCUT2D eigenvalue weighted by molar-refractivity contribution is -0.162. The Hall–Kier alpha value is -0.570. The van der Waals surface area contributed by atoms with E-state index in [1.54, 1.807) is 0 Å². The van der Waals surface area contributed by atoms with Gasteiger partial charge in [-0.1, -0.05) is 20.8 Å². The molecule has 3 heteroatoms. The Morgan fingerprint density at radius 1 is 1.46 bits per heavy atom. The van der Waals surface area contributed by atoms with Gasteiger partial charge in [0, 0.05) is 0 Å². The molecule has 0 atom stereocenters. The number of hydrogen-bond donors (Lipinski definition) is 1. The van der Waals surface area contributed by atoms with Crippen molar-refractivity contribution in [2.24, 2.45) is 5.92 Å². The van der Waals surface area contributed by atoms with Crippen LogP contribution in [-0.4, -0.2) is 34.6 Å². The average Bonchev–Trinajstić information content (AvgIpc) is 2.02. The number of carbonyl (C=O) groups is 1. The highest BCUT2D eigenvalue weighted by Crippen LogP contribution is 2.42. The lowest BCUT2D eigenvalue weighted by atomic mass is 9.68. The van der Waals surface area contributed by atoms with Gasteiger partial charge in [0.05, 0.1) is 0 Å². The fourth-order valence-electron chi connectivity index (χ4n) is 2.49. The Kier molecular flexibility index (Phi) is 2.96. The van der Waals surface area contributed by atoms with Crippen molar-refractivity contribution in [3.8, 4) is 0 Å². The van der Waals surface area contributed by atoms with Crippen molar-refractivity contribution >= 4 is 5.97 Å². The van der Waals surface area contributed by atoms with E-state index in [1.165, 1.54) is 0 Å². The molecule has 76 valence electrons. The number of aliphatic carboxylic acids is 1. The Labute approximate surface area is 79.7 Å². The van der Waals surface area contributed by atoms with Crippen LogP contribution in [0, 0.1) is 5.92 Å². The zero-order valence-corrected chi connectivity index (χ0v) is 8.71. The average molecular weight is 185 g/mol. The van der Waals surface area contributed by atoms with E-state index in [0.717, 1.165) is 25.9 Å². The summed E-state index contributed by atoms with van der Waals surface area (Å²) >= 11 is 0. The molecule has 0 bridgehead atoms. The number of likely N-dealkylation sites (N-methyl/N-ethyl adjacent to an activating group) is 1. The van der Waals surface area contributed by atoms with Crippen molar-refractivity contribution in [3.63, 3.8) is 0 Å². The van der Waals surface area contributed by atoms with Crippen LogP contribution >= 0.6 is 0 Å². The van der Waals surface area contributed by atoms with Gasteiger partial charge < -0.3 is 5.11 Å². The van der Waals surface area contributed by atoms with Gasteiger partial charge in [-0.3, -0.25) is 9.69 Å². The van der Waals surface area contributed by atoms with Crippen molar-refractivity contribution in [1.82, 2.24) is 4.90 Å². The maximum Gasteiger partial charge on any atom is 0.324 e. The monoisotopic (exact) mass is 185 g/mol. The summed E-state index contributed by atoms with van der Waals surface area (Å²) in [6.45, 7) is 7.82. The maximum absolute atomic E-state index is 11.2. The second-order valence-corrected chi connectivity index (χ2v) is 4.02. The molecule has 1 N–H and O–H groups in total.